The molecule has 2 rings (SSSR count). The number of likely N-dealkylation sites (tertiary alicyclic amines) is 1. The van der Waals surface area contributed by atoms with Gasteiger partial charge >= 0.3 is 5.97 Å². The largest absolute Gasteiger partial charge is 0.476 e. The molecule has 2 N–H and O–H groups in total. The minimum Gasteiger partial charge on any atom is -0.476 e. The number of carbonyl (C=O) groups is 1. The van der Waals surface area contributed by atoms with Gasteiger partial charge in [0, 0.05) is 12.6 Å². The zero-order valence-electron chi connectivity index (χ0n) is 10.6. The normalized spacial score (nSPS) is 20.4. The van der Waals surface area contributed by atoms with Crippen LogP contribution >= 0.6 is 0 Å². The van der Waals surface area contributed by atoms with Gasteiger partial charge in [-0.1, -0.05) is 12.1 Å². The van der Waals surface area contributed by atoms with Gasteiger partial charge in [0.2, 0.25) is 0 Å². The number of hydrogen-bond donors (Lipinski definition) is 2. The van der Waals surface area contributed by atoms with E-state index in [1.54, 1.807) is 0 Å². The summed E-state index contributed by atoms with van der Waals surface area (Å²) in [6, 6.07) is 1.46. The lowest BCUT2D eigenvalue weighted by atomic mass is 10.1. The summed E-state index contributed by atoms with van der Waals surface area (Å²) in [6.45, 7) is 7.06. The van der Waals surface area contributed by atoms with Crippen molar-refractivity contribution in [2.45, 2.75) is 19.9 Å². The third kappa shape index (κ3) is 3.30. The van der Waals surface area contributed by atoms with E-state index in [0.29, 0.717) is 18.2 Å². The van der Waals surface area contributed by atoms with Gasteiger partial charge in [0.05, 0.1) is 6.54 Å². The number of aromatic carboxylic acids is 1. The minimum atomic E-state index is -1.06. The van der Waals surface area contributed by atoms with E-state index in [2.05, 4.69) is 22.3 Å². The van der Waals surface area contributed by atoms with Crippen molar-refractivity contribution in [2.75, 3.05) is 26.2 Å². The van der Waals surface area contributed by atoms with Crippen LogP contribution in [0.5, 0.6) is 0 Å². The van der Waals surface area contributed by atoms with Gasteiger partial charge in [-0.2, -0.15) is 0 Å². The summed E-state index contributed by atoms with van der Waals surface area (Å²) in [5.74, 6) is 0.184. The second-order valence-electron chi connectivity index (χ2n) is 4.66. The Morgan fingerprint density at radius 2 is 2.56 bits per heavy atom. The maximum atomic E-state index is 10.6. The van der Waals surface area contributed by atoms with Crippen molar-refractivity contribution in [1.29, 1.82) is 0 Å². The second-order valence-corrected chi connectivity index (χ2v) is 4.66. The maximum Gasteiger partial charge on any atom is 0.358 e. The van der Waals surface area contributed by atoms with E-state index in [1.165, 1.54) is 19.0 Å². The Labute approximate surface area is 106 Å². The van der Waals surface area contributed by atoms with Gasteiger partial charge in [-0.05, 0) is 32.0 Å². The van der Waals surface area contributed by atoms with Crippen molar-refractivity contribution >= 4 is 5.97 Å². The second kappa shape index (κ2) is 5.97. The van der Waals surface area contributed by atoms with Crippen molar-refractivity contribution in [1.82, 2.24) is 15.4 Å². The van der Waals surface area contributed by atoms with Crippen LogP contribution in [0.3, 0.4) is 0 Å². The molecule has 1 aromatic heterocycles. The van der Waals surface area contributed by atoms with Crippen LogP contribution in [0.2, 0.25) is 0 Å². The van der Waals surface area contributed by atoms with Gasteiger partial charge in [-0.3, -0.25) is 0 Å². The summed E-state index contributed by atoms with van der Waals surface area (Å²) in [7, 11) is 0. The third-order valence-corrected chi connectivity index (χ3v) is 3.33. The number of aromatic nitrogens is 1. The fourth-order valence-electron chi connectivity index (χ4n) is 2.26. The molecule has 1 aliphatic heterocycles. The summed E-state index contributed by atoms with van der Waals surface area (Å²) in [5, 5.41) is 15.5. The Balaban J connectivity index is 1.70. The molecule has 0 amide bonds. The lowest BCUT2D eigenvalue weighted by molar-refractivity contribution is 0.0685. The first-order chi connectivity index (χ1) is 8.69. The molecule has 1 aliphatic rings. The molecule has 1 atom stereocenters. The molecule has 6 nitrogen and oxygen atoms in total. The third-order valence-electron chi connectivity index (χ3n) is 3.33. The van der Waals surface area contributed by atoms with E-state index in [-0.39, 0.29) is 5.69 Å². The van der Waals surface area contributed by atoms with Gasteiger partial charge in [0.25, 0.3) is 0 Å². The Morgan fingerprint density at radius 1 is 1.72 bits per heavy atom. The zero-order chi connectivity index (χ0) is 13.0. The molecule has 2 heterocycles. The summed E-state index contributed by atoms with van der Waals surface area (Å²) in [4.78, 5) is 13.1. The van der Waals surface area contributed by atoms with Gasteiger partial charge in [-0.25, -0.2) is 4.79 Å². The Morgan fingerprint density at radius 3 is 3.17 bits per heavy atom. The number of carboxylic acid groups (broad SMARTS) is 1. The fourth-order valence-corrected chi connectivity index (χ4v) is 2.26. The molecule has 0 bridgehead atoms. The van der Waals surface area contributed by atoms with Crippen LogP contribution in [0.15, 0.2) is 10.6 Å². The molecule has 100 valence electrons. The molecule has 0 spiro atoms. The van der Waals surface area contributed by atoms with E-state index < -0.39 is 5.97 Å². The SMILES string of the molecule is CCN1CCC(CNCc2cc(C(=O)O)no2)C1. The average Bonchev–Trinajstić information content (AvgIpc) is 2.97. The van der Waals surface area contributed by atoms with Gasteiger partial charge in [0.15, 0.2) is 11.5 Å². The summed E-state index contributed by atoms with van der Waals surface area (Å²) >= 11 is 0. The lowest BCUT2D eigenvalue weighted by Crippen LogP contribution is -2.26. The van der Waals surface area contributed by atoms with Gasteiger partial charge in [-0.15, -0.1) is 0 Å². The molecule has 1 fully saturated rings. The Hall–Kier alpha value is -1.40. The Kier molecular flexibility index (Phi) is 4.33. The van der Waals surface area contributed by atoms with Gasteiger partial charge < -0.3 is 19.8 Å². The molecule has 0 aromatic carbocycles. The van der Waals surface area contributed by atoms with Crippen molar-refractivity contribution < 1.29 is 14.4 Å². The highest BCUT2D eigenvalue weighted by atomic mass is 16.5. The van der Waals surface area contributed by atoms with E-state index in [4.69, 9.17) is 9.63 Å². The standard InChI is InChI=1S/C12H19N3O3/c1-2-15-4-3-9(8-15)6-13-7-10-5-11(12(16)17)14-18-10/h5,9,13H,2-4,6-8H2,1H3,(H,16,17). The number of nitrogens with zero attached hydrogens (tertiary/aromatic N) is 2. The van der Waals surface area contributed by atoms with E-state index in [9.17, 15) is 4.79 Å². The first-order valence-corrected chi connectivity index (χ1v) is 6.31. The monoisotopic (exact) mass is 253 g/mol. The topological polar surface area (TPSA) is 78.6 Å². The van der Waals surface area contributed by atoms with Crippen molar-refractivity contribution in [3.05, 3.63) is 17.5 Å². The first kappa shape index (κ1) is 13.0. The fraction of sp³-hybridized carbons (Fsp3) is 0.667. The summed E-state index contributed by atoms with van der Waals surface area (Å²) < 4.78 is 4.93. The van der Waals surface area contributed by atoms with Crippen molar-refractivity contribution in [3.8, 4) is 0 Å². The summed E-state index contributed by atoms with van der Waals surface area (Å²) in [5.41, 5.74) is -0.0372. The molecule has 0 saturated carbocycles. The quantitative estimate of drug-likeness (QED) is 0.781. The van der Waals surface area contributed by atoms with E-state index >= 15 is 0 Å². The predicted molar refractivity (Wildman–Crippen MR) is 65.4 cm³/mol. The first-order valence-electron chi connectivity index (χ1n) is 6.31. The van der Waals surface area contributed by atoms with E-state index in [1.807, 2.05) is 0 Å². The van der Waals surface area contributed by atoms with Crippen LogP contribution in [0.4, 0.5) is 0 Å². The molecule has 1 aromatic rings. The highest BCUT2D eigenvalue weighted by molar-refractivity contribution is 5.85. The van der Waals surface area contributed by atoms with Gasteiger partial charge in [0.1, 0.15) is 0 Å². The molecule has 18 heavy (non-hydrogen) atoms. The highest BCUT2D eigenvalue weighted by Gasteiger charge is 2.20. The number of hydrogen-bond acceptors (Lipinski definition) is 5. The molecule has 0 aliphatic carbocycles. The predicted octanol–water partition coefficient (Wildman–Crippen LogP) is 0.804. The average molecular weight is 253 g/mol. The van der Waals surface area contributed by atoms with Crippen molar-refractivity contribution in [2.24, 2.45) is 5.92 Å². The number of rotatable bonds is 6. The van der Waals surface area contributed by atoms with Crippen molar-refractivity contribution in [3.63, 3.8) is 0 Å². The van der Waals surface area contributed by atoms with Crippen LogP contribution < -0.4 is 5.32 Å². The molecule has 1 saturated heterocycles. The Bertz CT molecular complexity index is 405. The van der Waals surface area contributed by atoms with E-state index in [0.717, 1.165) is 19.6 Å². The smallest absolute Gasteiger partial charge is 0.358 e. The minimum absolute atomic E-state index is 0.0372. The zero-order valence-corrected chi connectivity index (χ0v) is 10.6. The van der Waals surface area contributed by atoms with Crippen LogP contribution in [0.1, 0.15) is 29.6 Å². The van der Waals surface area contributed by atoms with Crippen LogP contribution in [-0.4, -0.2) is 47.3 Å². The number of carboxylic acids is 1. The maximum absolute atomic E-state index is 10.6. The number of nitrogens with one attached hydrogen (secondary N) is 1. The van der Waals surface area contributed by atoms with Crippen LogP contribution in [0.25, 0.3) is 0 Å². The lowest BCUT2D eigenvalue weighted by Gasteiger charge is -2.13. The van der Waals surface area contributed by atoms with Crippen LogP contribution in [-0.2, 0) is 6.54 Å². The summed E-state index contributed by atoms with van der Waals surface area (Å²) in [6.07, 6.45) is 1.22. The molecular weight excluding hydrogens is 234 g/mol. The molecule has 1 unspecified atom stereocenters. The van der Waals surface area contributed by atoms with Crippen LogP contribution in [0, 0.1) is 5.92 Å². The molecule has 0 radical (unpaired) electrons. The highest BCUT2D eigenvalue weighted by Crippen LogP contribution is 2.14. The molecule has 6 heteroatoms. The molecular formula is C12H19N3O3.